The number of benzene rings is 1. The maximum atomic E-state index is 14.5. The summed E-state index contributed by atoms with van der Waals surface area (Å²) in [6, 6.07) is 4.07. The predicted molar refractivity (Wildman–Crippen MR) is 127 cm³/mol. The van der Waals surface area contributed by atoms with E-state index in [0.717, 1.165) is 17.2 Å². The van der Waals surface area contributed by atoms with Gasteiger partial charge in [-0.3, -0.25) is 14.4 Å². The molecule has 0 radical (unpaired) electrons. The van der Waals surface area contributed by atoms with E-state index < -0.39 is 17.7 Å². The van der Waals surface area contributed by atoms with Crippen molar-refractivity contribution < 1.29 is 28.6 Å². The van der Waals surface area contributed by atoms with Crippen molar-refractivity contribution in [3.63, 3.8) is 0 Å². The zero-order valence-electron chi connectivity index (χ0n) is 18.6. The monoisotopic (exact) mass is 510 g/mol. The molecule has 10 heteroatoms. The van der Waals surface area contributed by atoms with Gasteiger partial charge in [0.15, 0.2) is 0 Å². The first kappa shape index (κ1) is 24.9. The summed E-state index contributed by atoms with van der Waals surface area (Å²) in [4.78, 5) is 35.8. The quantitative estimate of drug-likeness (QED) is 0.433. The van der Waals surface area contributed by atoms with Crippen LogP contribution in [-0.4, -0.2) is 47.3 Å². The zero-order valence-corrected chi connectivity index (χ0v) is 20.2. The lowest BCUT2D eigenvalue weighted by molar-refractivity contribution is -0.143. The molecule has 1 aliphatic heterocycles. The van der Waals surface area contributed by atoms with E-state index in [1.165, 1.54) is 35.5 Å². The van der Waals surface area contributed by atoms with Crippen LogP contribution in [0.1, 0.15) is 55.3 Å². The van der Waals surface area contributed by atoms with Gasteiger partial charge in [0.1, 0.15) is 11.6 Å². The Kier molecular flexibility index (Phi) is 8.03. The summed E-state index contributed by atoms with van der Waals surface area (Å²) in [5.41, 5.74) is 1.08. The van der Waals surface area contributed by atoms with Gasteiger partial charge in [0.2, 0.25) is 5.91 Å². The van der Waals surface area contributed by atoms with Gasteiger partial charge in [0, 0.05) is 19.2 Å². The minimum Gasteiger partial charge on any atom is -0.490 e. The van der Waals surface area contributed by atoms with Crippen LogP contribution >= 0.6 is 23.4 Å². The highest BCUT2D eigenvalue weighted by molar-refractivity contribution is 8.06. The van der Waals surface area contributed by atoms with Crippen LogP contribution in [0.5, 0.6) is 5.75 Å². The van der Waals surface area contributed by atoms with Crippen molar-refractivity contribution >= 4 is 41.1 Å². The average Bonchev–Trinajstić information content (AvgIpc) is 3.58. The molecule has 1 heterocycles. The Morgan fingerprint density at radius 1 is 1.09 bits per heavy atom. The lowest BCUT2D eigenvalue weighted by Gasteiger charge is -2.26. The minimum absolute atomic E-state index is 0.107. The fraction of sp³-hybridized carbons (Fsp3) is 0.542. The Morgan fingerprint density at radius 3 is 2.44 bits per heavy atom. The summed E-state index contributed by atoms with van der Waals surface area (Å²) in [6.07, 6.45) is 5.04. The molecule has 2 aliphatic carbocycles. The number of carboxylic acid groups (broad SMARTS) is 1. The third-order valence-electron chi connectivity index (χ3n) is 6.49. The first-order valence-corrected chi connectivity index (χ1v) is 12.9. The van der Waals surface area contributed by atoms with Gasteiger partial charge in [-0.25, -0.2) is 4.39 Å². The van der Waals surface area contributed by atoms with Gasteiger partial charge in [0.05, 0.1) is 27.2 Å². The number of allylic oxidation sites excluding steroid dienone is 1. The molecular formula is C24H28ClFN2O5S. The number of thioether (sulfide) groups is 1. The molecule has 2 fully saturated rings. The van der Waals surface area contributed by atoms with Crippen molar-refractivity contribution in [1.82, 2.24) is 10.6 Å². The summed E-state index contributed by atoms with van der Waals surface area (Å²) in [7, 11) is 0. The van der Waals surface area contributed by atoms with E-state index in [1.807, 2.05) is 0 Å². The molecule has 184 valence electrons. The SMILES string of the molecule is O=C(NCCNC(=O)C1CC(C2CC2)=C(Cl)S1)c1ccc(O[C@H]2CC[C@@H](C(=O)O)CC2)cc1F. The highest BCUT2D eigenvalue weighted by Gasteiger charge is 2.37. The summed E-state index contributed by atoms with van der Waals surface area (Å²) in [5, 5.41) is 14.3. The molecule has 34 heavy (non-hydrogen) atoms. The molecule has 3 N–H and O–H groups in total. The molecule has 0 spiro atoms. The second-order valence-electron chi connectivity index (χ2n) is 9.00. The van der Waals surface area contributed by atoms with E-state index in [1.54, 1.807) is 0 Å². The van der Waals surface area contributed by atoms with Crippen LogP contribution in [0.15, 0.2) is 28.1 Å². The van der Waals surface area contributed by atoms with Gasteiger partial charge in [-0.15, -0.1) is 11.8 Å². The van der Waals surface area contributed by atoms with Crippen LogP contribution in [0.25, 0.3) is 0 Å². The van der Waals surface area contributed by atoms with Gasteiger partial charge in [-0.2, -0.15) is 0 Å². The molecule has 0 bridgehead atoms. The fourth-order valence-corrected chi connectivity index (χ4v) is 6.03. The summed E-state index contributed by atoms with van der Waals surface area (Å²) >= 11 is 7.65. The molecule has 3 aliphatic rings. The topological polar surface area (TPSA) is 105 Å². The van der Waals surface area contributed by atoms with Gasteiger partial charge in [0.25, 0.3) is 5.91 Å². The van der Waals surface area contributed by atoms with E-state index in [2.05, 4.69) is 10.6 Å². The number of nitrogens with one attached hydrogen (secondary N) is 2. The van der Waals surface area contributed by atoms with Crippen molar-refractivity contribution in [2.24, 2.45) is 11.8 Å². The summed E-state index contributed by atoms with van der Waals surface area (Å²) in [5.74, 6) is -1.67. The molecule has 1 aromatic carbocycles. The number of carbonyl (C=O) groups excluding carboxylic acids is 2. The van der Waals surface area contributed by atoms with E-state index >= 15 is 0 Å². The lowest BCUT2D eigenvalue weighted by Crippen LogP contribution is -2.38. The molecule has 2 saturated carbocycles. The summed E-state index contributed by atoms with van der Waals surface area (Å²) < 4.78 is 21.0. The first-order chi connectivity index (χ1) is 16.3. The van der Waals surface area contributed by atoms with Crippen LogP contribution in [0.4, 0.5) is 4.39 Å². The number of aliphatic carboxylic acids is 1. The Balaban J connectivity index is 1.18. The number of halogens is 2. The Morgan fingerprint density at radius 2 is 1.79 bits per heavy atom. The molecule has 1 atom stereocenters. The molecular weight excluding hydrogens is 483 g/mol. The second-order valence-corrected chi connectivity index (χ2v) is 10.8. The molecule has 0 saturated heterocycles. The van der Waals surface area contributed by atoms with Crippen molar-refractivity contribution in [3.05, 3.63) is 39.5 Å². The third-order valence-corrected chi connectivity index (χ3v) is 8.13. The molecule has 1 aromatic rings. The number of amides is 2. The minimum atomic E-state index is -0.791. The van der Waals surface area contributed by atoms with Crippen molar-refractivity contribution in [3.8, 4) is 5.75 Å². The Bertz CT molecular complexity index is 992. The van der Waals surface area contributed by atoms with Crippen LogP contribution in [0.2, 0.25) is 0 Å². The number of hydrogen-bond donors (Lipinski definition) is 3. The van der Waals surface area contributed by atoms with E-state index in [4.69, 9.17) is 21.4 Å². The maximum Gasteiger partial charge on any atom is 0.306 e. The van der Waals surface area contributed by atoms with E-state index in [-0.39, 0.29) is 41.8 Å². The number of carboxylic acids is 1. The normalized spacial score (nSPS) is 24.6. The largest absolute Gasteiger partial charge is 0.490 e. The number of rotatable bonds is 9. The number of ether oxygens (including phenoxy) is 1. The Labute approximate surface area is 206 Å². The van der Waals surface area contributed by atoms with Crippen LogP contribution in [-0.2, 0) is 9.59 Å². The summed E-state index contributed by atoms with van der Waals surface area (Å²) in [6.45, 7) is 0.406. The fourth-order valence-electron chi connectivity index (χ4n) is 4.37. The highest BCUT2D eigenvalue weighted by atomic mass is 35.5. The van der Waals surface area contributed by atoms with Gasteiger partial charge < -0.3 is 20.5 Å². The average molecular weight is 511 g/mol. The highest BCUT2D eigenvalue weighted by Crippen LogP contribution is 2.50. The van der Waals surface area contributed by atoms with E-state index in [0.29, 0.717) is 43.8 Å². The zero-order chi connectivity index (χ0) is 24.2. The molecule has 1 unspecified atom stereocenters. The second kappa shape index (κ2) is 11.0. The smallest absolute Gasteiger partial charge is 0.306 e. The van der Waals surface area contributed by atoms with Crippen molar-refractivity contribution in [1.29, 1.82) is 0 Å². The van der Waals surface area contributed by atoms with Crippen molar-refractivity contribution in [2.75, 3.05) is 13.1 Å². The van der Waals surface area contributed by atoms with Crippen molar-refractivity contribution in [2.45, 2.75) is 56.3 Å². The standard InChI is InChI=1S/C24H28ClFN2O5S/c25-21-18(13-1-2-13)12-20(34-21)23(30)28-10-9-27-22(29)17-8-7-16(11-19(17)26)33-15-5-3-14(4-6-15)24(31)32/h7-8,11,13-15,20H,1-6,9-10,12H2,(H,27,29)(H,28,30)(H,31,32)/t14-,15+,20?. The van der Waals surface area contributed by atoms with Crippen LogP contribution < -0.4 is 15.4 Å². The van der Waals surface area contributed by atoms with Gasteiger partial charge in [-0.1, -0.05) is 11.6 Å². The van der Waals surface area contributed by atoms with Gasteiger partial charge >= 0.3 is 5.97 Å². The lowest BCUT2D eigenvalue weighted by atomic mass is 9.87. The first-order valence-electron chi connectivity index (χ1n) is 11.6. The molecule has 7 nitrogen and oxygen atoms in total. The third kappa shape index (κ3) is 6.24. The maximum absolute atomic E-state index is 14.5. The molecule has 0 aromatic heterocycles. The number of carbonyl (C=O) groups is 3. The number of hydrogen-bond acceptors (Lipinski definition) is 5. The van der Waals surface area contributed by atoms with Crippen LogP contribution in [0.3, 0.4) is 0 Å². The molecule has 2 amide bonds. The van der Waals surface area contributed by atoms with E-state index in [9.17, 15) is 18.8 Å². The Hall–Kier alpha value is -2.26. The van der Waals surface area contributed by atoms with Gasteiger partial charge in [-0.05, 0) is 68.6 Å². The molecule has 4 rings (SSSR count). The van der Waals surface area contributed by atoms with Crippen LogP contribution in [0, 0.1) is 17.7 Å². The predicted octanol–water partition coefficient (Wildman–Crippen LogP) is 4.06.